The van der Waals surface area contributed by atoms with E-state index in [4.69, 9.17) is 0 Å². The van der Waals surface area contributed by atoms with Crippen molar-refractivity contribution in [2.75, 3.05) is 13.6 Å². The van der Waals surface area contributed by atoms with Crippen LogP contribution in [-0.4, -0.2) is 45.1 Å². The molecule has 92 valence electrons. The number of pyridine rings is 1. The molecule has 0 radical (unpaired) electrons. The van der Waals surface area contributed by atoms with Crippen molar-refractivity contribution in [3.05, 3.63) is 24.0 Å². The fraction of sp³-hybridized carbons (Fsp3) is 0.455. The van der Waals surface area contributed by atoms with Crippen LogP contribution in [-0.2, 0) is 0 Å². The molecule has 2 atom stereocenters. The van der Waals surface area contributed by atoms with Crippen molar-refractivity contribution in [3.63, 3.8) is 0 Å². The van der Waals surface area contributed by atoms with E-state index < -0.39 is 12.2 Å². The molecule has 0 saturated heterocycles. The van der Waals surface area contributed by atoms with E-state index in [9.17, 15) is 10.2 Å². The fourth-order valence-corrected chi connectivity index (χ4v) is 1.68. The van der Waals surface area contributed by atoms with Gasteiger partial charge >= 0.3 is 0 Å². The number of nitrogens with zero attached hydrogens (tertiary/aromatic N) is 2. The van der Waals surface area contributed by atoms with Crippen LogP contribution in [0.5, 0.6) is 0 Å². The molecular formula is C11H16N4O2. The van der Waals surface area contributed by atoms with E-state index in [1.54, 1.807) is 25.5 Å². The molecule has 17 heavy (non-hydrogen) atoms. The van der Waals surface area contributed by atoms with Crippen molar-refractivity contribution >= 4 is 11.0 Å². The van der Waals surface area contributed by atoms with Gasteiger partial charge in [0.2, 0.25) is 0 Å². The van der Waals surface area contributed by atoms with Gasteiger partial charge in [0, 0.05) is 11.8 Å². The zero-order valence-electron chi connectivity index (χ0n) is 9.59. The van der Waals surface area contributed by atoms with Gasteiger partial charge in [0.15, 0.2) is 0 Å². The molecule has 2 unspecified atom stereocenters. The number of fused-ring (bicyclic) bond motifs is 1. The summed E-state index contributed by atoms with van der Waals surface area (Å²) in [5.74, 6) is 0. The molecule has 0 saturated carbocycles. The largest absolute Gasteiger partial charge is 0.390 e. The number of aromatic amines is 1. The van der Waals surface area contributed by atoms with Gasteiger partial charge in [-0.3, -0.25) is 10.1 Å². The summed E-state index contributed by atoms with van der Waals surface area (Å²) >= 11 is 0. The second-order valence-electron chi connectivity index (χ2n) is 3.98. The molecule has 0 aromatic carbocycles. The first kappa shape index (κ1) is 12.0. The van der Waals surface area contributed by atoms with Crippen LogP contribution in [0.3, 0.4) is 0 Å². The van der Waals surface area contributed by atoms with Crippen molar-refractivity contribution < 1.29 is 10.2 Å². The molecular weight excluding hydrogens is 220 g/mol. The first-order valence-corrected chi connectivity index (χ1v) is 5.52. The Labute approximate surface area is 98.7 Å². The van der Waals surface area contributed by atoms with Crippen LogP contribution in [0.25, 0.3) is 11.0 Å². The summed E-state index contributed by atoms with van der Waals surface area (Å²) in [7, 11) is 1.80. The minimum atomic E-state index is -0.927. The Kier molecular flexibility index (Phi) is 3.68. The van der Waals surface area contributed by atoms with E-state index in [0.717, 1.165) is 11.0 Å². The topological polar surface area (TPSA) is 94.1 Å². The highest BCUT2D eigenvalue weighted by Crippen LogP contribution is 2.20. The Bertz CT molecular complexity index is 485. The highest BCUT2D eigenvalue weighted by Gasteiger charge is 2.18. The lowest BCUT2D eigenvalue weighted by atomic mass is 10.0. The minimum Gasteiger partial charge on any atom is -0.390 e. The van der Waals surface area contributed by atoms with E-state index in [2.05, 4.69) is 20.5 Å². The lowest BCUT2D eigenvalue weighted by Gasteiger charge is -2.17. The van der Waals surface area contributed by atoms with Gasteiger partial charge in [-0.05, 0) is 26.1 Å². The Hall–Kier alpha value is -1.50. The number of aliphatic hydroxyl groups excluding tert-OH is 2. The molecule has 2 aromatic heterocycles. The van der Waals surface area contributed by atoms with Gasteiger partial charge in [-0.15, -0.1) is 0 Å². The van der Waals surface area contributed by atoms with Crippen LogP contribution in [0.2, 0.25) is 0 Å². The van der Waals surface area contributed by atoms with Gasteiger partial charge in [-0.2, -0.15) is 5.10 Å². The van der Waals surface area contributed by atoms with Crippen molar-refractivity contribution in [1.29, 1.82) is 0 Å². The molecule has 0 amide bonds. The van der Waals surface area contributed by atoms with Crippen molar-refractivity contribution in [2.24, 2.45) is 0 Å². The third-order valence-electron chi connectivity index (χ3n) is 2.71. The summed E-state index contributed by atoms with van der Waals surface area (Å²) in [5.41, 5.74) is 2.08. The number of hydrogen-bond acceptors (Lipinski definition) is 5. The Morgan fingerprint density at radius 2 is 2.24 bits per heavy atom. The van der Waals surface area contributed by atoms with Gasteiger partial charge in [-0.1, -0.05) is 0 Å². The molecule has 6 heteroatoms. The average Bonchev–Trinajstić information content (AvgIpc) is 2.81. The molecule has 2 rings (SSSR count). The van der Waals surface area contributed by atoms with Crippen molar-refractivity contribution in [2.45, 2.75) is 18.6 Å². The van der Waals surface area contributed by atoms with Crippen molar-refractivity contribution in [3.8, 4) is 0 Å². The third kappa shape index (κ3) is 2.60. The van der Waals surface area contributed by atoms with Crippen LogP contribution >= 0.6 is 0 Å². The molecule has 0 aliphatic heterocycles. The number of aromatic nitrogens is 3. The average molecular weight is 236 g/mol. The lowest BCUT2D eigenvalue weighted by Crippen LogP contribution is -2.23. The number of rotatable bonds is 5. The van der Waals surface area contributed by atoms with Crippen molar-refractivity contribution in [1.82, 2.24) is 20.5 Å². The normalized spacial score (nSPS) is 15.0. The third-order valence-corrected chi connectivity index (χ3v) is 2.71. The first-order chi connectivity index (χ1) is 8.22. The van der Waals surface area contributed by atoms with Gasteiger partial charge < -0.3 is 15.5 Å². The van der Waals surface area contributed by atoms with Crippen LogP contribution in [0, 0.1) is 0 Å². The summed E-state index contributed by atoms with van der Waals surface area (Å²) in [6.45, 7) is 0.651. The van der Waals surface area contributed by atoms with Gasteiger partial charge in [-0.25, -0.2) is 0 Å². The smallest absolute Gasteiger partial charge is 0.108 e. The highest BCUT2D eigenvalue weighted by atomic mass is 16.3. The quantitative estimate of drug-likeness (QED) is 0.584. The highest BCUT2D eigenvalue weighted by molar-refractivity contribution is 5.73. The maximum absolute atomic E-state index is 9.96. The maximum atomic E-state index is 9.96. The Morgan fingerprint density at radius 3 is 3.00 bits per heavy atom. The molecule has 0 bridgehead atoms. The molecule has 0 spiro atoms. The molecule has 2 heterocycles. The van der Waals surface area contributed by atoms with Crippen LogP contribution in [0.1, 0.15) is 18.1 Å². The Balaban J connectivity index is 2.14. The molecule has 0 fully saturated rings. The summed E-state index contributed by atoms with van der Waals surface area (Å²) in [4.78, 5) is 4.14. The molecule has 6 nitrogen and oxygen atoms in total. The number of nitrogens with one attached hydrogen (secondary N) is 2. The summed E-state index contributed by atoms with van der Waals surface area (Å²) in [6, 6.07) is 1.75. The van der Waals surface area contributed by atoms with E-state index in [1.807, 2.05) is 0 Å². The molecule has 0 aliphatic rings. The van der Waals surface area contributed by atoms with Gasteiger partial charge in [0.25, 0.3) is 0 Å². The van der Waals surface area contributed by atoms with E-state index in [0.29, 0.717) is 18.5 Å². The van der Waals surface area contributed by atoms with Crippen LogP contribution < -0.4 is 5.32 Å². The van der Waals surface area contributed by atoms with E-state index in [-0.39, 0.29) is 0 Å². The fourth-order valence-electron chi connectivity index (χ4n) is 1.68. The lowest BCUT2D eigenvalue weighted by molar-refractivity contribution is 0.0139. The SMILES string of the molecule is CNCCC(O)C(O)c1cnc2cn[nH]c2c1. The van der Waals surface area contributed by atoms with E-state index in [1.165, 1.54) is 0 Å². The van der Waals surface area contributed by atoms with Crippen LogP contribution in [0.4, 0.5) is 0 Å². The second-order valence-corrected chi connectivity index (χ2v) is 3.98. The first-order valence-electron chi connectivity index (χ1n) is 5.52. The summed E-state index contributed by atoms with van der Waals surface area (Å²) < 4.78 is 0. The number of H-pyrrole nitrogens is 1. The maximum Gasteiger partial charge on any atom is 0.108 e. The summed E-state index contributed by atoms with van der Waals surface area (Å²) in [6.07, 6.45) is 1.93. The number of aliphatic hydroxyl groups is 2. The minimum absolute atomic E-state index is 0.485. The summed E-state index contributed by atoms with van der Waals surface area (Å²) in [5, 5.41) is 29.3. The molecule has 0 aliphatic carbocycles. The predicted molar refractivity (Wildman–Crippen MR) is 63.4 cm³/mol. The zero-order valence-corrected chi connectivity index (χ0v) is 9.59. The predicted octanol–water partition coefficient (Wildman–Crippen LogP) is -0.0383. The second kappa shape index (κ2) is 5.22. The van der Waals surface area contributed by atoms with Gasteiger partial charge in [0.1, 0.15) is 11.6 Å². The zero-order chi connectivity index (χ0) is 12.3. The standard InChI is InChI=1S/C11H16N4O2/c1-12-3-2-10(16)11(17)7-4-8-9(13-5-7)6-14-15-8/h4-6,10-12,16-17H,2-3H2,1H3,(H,14,15). The Morgan fingerprint density at radius 1 is 1.41 bits per heavy atom. The monoisotopic (exact) mass is 236 g/mol. The molecule has 4 N–H and O–H groups in total. The molecule has 2 aromatic rings. The number of hydrogen-bond donors (Lipinski definition) is 4. The van der Waals surface area contributed by atoms with E-state index >= 15 is 0 Å². The van der Waals surface area contributed by atoms with Gasteiger partial charge in [0.05, 0.1) is 17.8 Å². The van der Waals surface area contributed by atoms with Crippen LogP contribution in [0.15, 0.2) is 18.5 Å².